The molecule has 0 fully saturated rings. The van der Waals surface area contributed by atoms with E-state index in [9.17, 15) is 9.90 Å². The number of pyridine rings is 2. The molecule has 3 aromatic rings. The lowest BCUT2D eigenvalue weighted by Gasteiger charge is -2.09. The second-order valence-electron chi connectivity index (χ2n) is 4.84. The SMILES string of the molecule is O=C(c1ccc(O)c(OCc2ccccn2)c1)c1ccccn1. The van der Waals surface area contributed by atoms with Crippen LogP contribution in [-0.2, 0) is 6.61 Å². The van der Waals surface area contributed by atoms with E-state index in [0.717, 1.165) is 5.69 Å². The van der Waals surface area contributed by atoms with E-state index in [0.29, 0.717) is 11.3 Å². The van der Waals surface area contributed by atoms with Crippen LogP contribution in [0.5, 0.6) is 11.5 Å². The molecule has 0 saturated carbocycles. The van der Waals surface area contributed by atoms with Crippen molar-refractivity contribution < 1.29 is 14.6 Å². The smallest absolute Gasteiger partial charge is 0.211 e. The van der Waals surface area contributed by atoms with Gasteiger partial charge in [-0.15, -0.1) is 0 Å². The quantitative estimate of drug-likeness (QED) is 0.734. The van der Waals surface area contributed by atoms with Gasteiger partial charge in [-0.2, -0.15) is 0 Å². The molecular formula is C18H14N2O3. The zero-order valence-corrected chi connectivity index (χ0v) is 12.2. The fraction of sp³-hybridized carbons (Fsp3) is 0.0556. The molecular weight excluding hydrogens is 292 g/mol. The van der Waals surface area contributed by atoms with Crippen LogP contribution in [0.3, 0.4) is 0 Å². The zero-order valence-electron chi connectivity index (χ0n) is 12.2. The predicted octanol–water partition coefficient (Wildman–Crippen LogP) is 2.99. The summed E-state index contributed by atoms with van der Waals surface area (Å²) in [5, 5.41) is 9.89. The standard InChI is InChI=1S/C18H14N2O3/c21-16-8-7-13(18(22)15-6-2-4-10-20-15)11-17(16)23-12-14-5-1-3-9-19-14/h1-11,21H,12H2. The summed E-state index contributed by atoms with van der Waals surface area (Å²) < 4.78 is 5.56. The van der Waals surface area contributed by atoms with Gasteiger partial charge < -0.3 is 9.84 Å². The minimum atomic E-state index is -0.228. The first kappa shape index (κ1) is 14.7. The molecule has 0 radical (unpaired) electrons. The maximum atomic E-state index is 12.4. The van der Waals surface area contributed by atoms with Crippen LogP contribution in [0.4, 0.5) is 0 Å². The van der Waals surface area contributed by atoms with Gasteiger partial charge in [0, 0.05) is 18.0 Å². The van der Waals surface area contributed by atoms with Crippen LogP contribution in [0.2, 0.25) is 0 Å². The van der Waals surface area contributed by atoms with E-state index in [1.807, 2.05) is 18.2 Å². The monoisotopic (exact) mass is 306 g/mol. The normalized spacial score (nSPS) is 10.3. The highest BCUT2D eigenvalue weighted by atomic mass is 16.5. The first-order chi connectivity index (χ1) is 11.2. The molecule has 1 aromatic carbocycles. The number of hydrogen-bond donors (Lipinski definition) is 1. The summed E-state index contributed by atoms with van der Waals surface area (Å²) in [4.78, 5) is 20.6. The highest BCUT2D eigenvalue weighted by Crippen LogP contribution is 2.28. The second-order valence-corrected chi connectivity index (χ2v) is 4.84. The summed E-state index contributed by atoms with van der Waals surface area (Å²) >= 11 is 0. The molecule has 0 aliphatic carbocycles. The molecule has 0 amide bonds. The van der Waals surface area contributed by atoms with Crippen LogP contribution in [0.25, 0.3) is 0 Å². The molecule has 0 unspecified atom stereocenters. The lowest BCUT2D eigenvalue weighted by Crippen LogP contribution is -2.04. The molecule has 1 N–H and O–H groups in total. The molecule has 114 valence electrons. The molecule has 5 nitrogen and oxygen atoms in total. The van der Waals surface area contributed by atoms with Gasteiger partial charge in [0.05, 0.1) is 5.69 Å². The number of hydrogen-bond acceptors (Lipinski definition) is 5. The molecule has 3 rings (SSSR count). The molecule has 2 aromatic heterocycles. The number of nitrogens with zero attached hydrogens (tertiary/aromatic N) is 2. The number of aromatic hydroxyl groups is 1. The minimum Gasteiger partial charge on any atom is -0.504 e. The van der Waals surface area contributed by atoms with Gasteiger partial charge >= 0.3 is 0 Å². The predicted molar refractivity (Wildman–Crippen MR) is 84.3 cm³/mol. The summed E-state index contributed by atoms with van der Waals surface area (Å²) in [6.07, 6.45) is 3.23. The van der Waals surface area contributed by atoms with Gasteiger partial charge in [-0.3, -0.25) is 14.8 Å². The lowest BCUT2D eigenvalue weighted by atomic mass is 10.1. The maximum absolute atomic E-state index is 12.4. The number of aromatic nitrogens is 2. The molecule has 0 spiro atoms. The Labute approximate surface area is 133 Å². The van der Waals surface area contributed by atoms with Crippen molar-refractivity contribution in [1.82, 2.24) is 9.97 Å². The van der Waals surface area contributed by atoms with Crippen molar-refractivity contribution in [1.29, 1.82) is 0 Å². The third-order valence-corrected chi connectivity index (χ3v) is 3.22. The Morgan fingerprint density at radius 3 is 2.48 bits per heavy atom. The van der Waals surface area contributed by atoms with Gasteiger partial charge in [0.2, 0.25) is 5.78 Å². The van der Waals surface area contributed by atoms with Crippen LogP contribution in [0.15, 0.2) is 67.0 Å². The average Bonchev–Trinajstić information content (AvgIpc) is 2.62. The fourth-order valence-electron chi connectivity index (χ4n) is 2.05. The number of carbonyl (C=O) groups is 1. The number of rotatable bonds is 5. The summed E-state index contributed by atoms with van der Waals surface area (Å²) in [5.41, 5.74) is 1.47. The maximum Gasteiger partial charge on any atom is 0.211 e. The second kappa shape index (κ2) is 6.70. The number of phenols is 1. The van der Waals surface area contributed by atoms with Crippen molar-refractivity contribution in [3.63, 3.8) is 0 Å². The Bertz CT molecular complexity index is 805. The molecule has 5 heteroatoms. The van der Waals surface area contributed by atoms with E-state index in [1.165, 1.54) is 12.1 Å². The van der Waals surface area contributed by atoms with Gasteiger partial charge in [0.15, 0.2) is 11.5 Å². The van der Waals surface area contributed by atoms with Crippen molar-refractivity contribution in [2.24, 2.45) is 0 Å². The van der Waals surface area contributed by atoms with Crippen molar-refractivity contribution in [3.8, 4) is 11.5 Å². The van der Waals surface area contributed by atoms with Crippen molar-refractivity contribution >= 4 is 5.78 Å². The molecule has 0 aliphatic rings. The van der Waals surface area contributed by atoms with E-state index in [4.69, 9.17) is 4.74 Å². The number of ether oxygens (including phenoxy) is 1. The highest BCUT2D eigenvalue weighted by molar-refractivity contribution is 6.08. The molecule has 23 heavy (non-hydrogen) atoms. The Balaban J connectivity index is 1.80. The molecule has 0 aliphatic heterocycles. The number of phenolic OH excluding ortho intramolecular Hbond substituents is 1. The minimum absolute atomic E-state index is 0.0292. The Hall–Kier alpha value is -3.21. The van der Waals surface area contributed by atoms with Crippen LogP contribution in [0.1, 0.15) is 21.7 Å². The molecule has 0 bridgehead atoms. The first-order valence-electron chi connectivity index (χ1n) is 7.05. The Morgan fingerprint density at radius 1 is 1.00 bits per heavy atom. The highest BCUT2D eigenvalue weighted by Gasteiger charge is 2.13. The van der Waals surface area contributed by atoms with Crippen LogP contribution in [-0.4, -0.2) is 20.9 Å². The van der Waals surface area contributed by atoms with Crippen molar-refractivity contribution in [3.05, 3.63) is 83.9 Å². The largest absolute Gasteiger partial charge is 0.504 e. The van der Waals surface area contributed by atoms with E-state index >= 15 is 0 Å². The molecule has 2 heterocycles. The third-order valence-electron chi connectivity index (χ3n) is 3.22. The van der Waals surface area contributed by atoms with Gasteiger partial charge in [-0.25, -0.2) is 0 Å². The summed E-state index contributed by atoms with van der Waals surface area (Å²) in [5.74, 6) is -0.0239. The first-order valence-corrected chi connectivity index (χ1v) is 7.05. The molecule has 0 saturated heterocycles. The van der Waals surface area contributed by atoms with E-state index in [-0.39, 0.29) is 23.9 Å². The third kappa shape index (κ3) is 3.52. The van der Waals surface area contributed by atoms with E-state index in [2.05, 4.69) is 9.97 Å². The zero-order chi connectivity index (χ0) is 16.1. The fourth-order valence-corrected chi connectivity index (χ4v) is 2.05. The van der Waals surface area contributed by atoms with E-state index < -0.39 is 0 Å². The number of ketones is 1. The van der Waals surface area contributed by atoms with Gasteiger partial charge in [-0.1, -0.05) is 12.1 Å². The topological polar surface area (TPSA) is 72.3 Å². The van der Waals surface area contributed by atoms with Crippen molar-refractivity contribution in [2.75, 3.05) is 0 Å². The van der Waals surface area contributed by atoms with Crippen LogP contribution in [0, 0.1) is 0 Å². The van der Waals surface area contributed by atoms with Gasteiger partial charge in [0.25, 0.3) is 0 Å². The summed E-state index contributed by atoms with van der Waals surface area (Å²) in [6, 6.07) is 15.1. The van der Waals surface area contributed by atoms with Gasteiger partial charge in [-0.05, 0) is 42.5 Å². The van der Waals surface area contributed by atoms with Gasteiger partial charge in [0.1, 0.15) is 12.3 Å². The Morgan fingerprint density at radius 2 is 1.78 bits per heavy atom. The Kier molecular flexibility index (Phi) is 4.29. The van der Waals surface area contributed by atoms with Crippen LogP contribution >= 0.6 is 0 Å². The number of carbonyl (C=O) groups excluding carboxylic acids is 1. The van der Waals surface area contributed by atoms with Crippen molar-refractivity contribution in [2.45, 2.75) is 6.61 Å². The lowest BCUT2D eigenvalue weighted by molar-refractivity contribution is 0.103. The average molecular weight is 306 g/mol. The van der Waals surface area contributed by atoms with E-state index in [1.54, 1.807) is 36.7 Å². The molecule has 0 atom stereocenters. The summed E-state index contributed by atoms with van der Waals surface area (Å²) in [6.45, 7) is 0.204. The number of benzene rings is 1. The van der Waals surface area contributed by atoms with Crippen LogP contribution < -0.4 is 4.74 Å². The summed E-state index contributed by atoms with van der Waals surface area (Å²) in [7, 11) is 0.